The molecule has 5 nitrogen and oxygen atoms in total. The molecule has 146 valence electrons. The maximum atomic E-state index is 12.6. The van der Waals surface area contributed by atoms with E-state index in [4.69, 9.17) is 11.6 Å². The topological polar surface area (TPSA) is 61.8 Å². The Kier molecular flexibility index (Phi) is 6.75. The number of hydrogen-bond acceptors (Lipinski definition) is 4. The smallest absolute Gasteiger partial charge is 0.234 e. The fourth-order valence-electron chi connectivity index (χ4n) is 2.75. The van der Waals surface area contributed by atoms with Gasteiger partial charge < -0.3 is 5.32 Å². The van der Waals surface area contributed by atoms with Gasteiger partial charge in [0.1, 0.15) is 0 Å². The van der Waals surface area contributed by atoms with Crippen molar-refractivity contribution in [1.29, 1.82) is 0 Å². The van der Waals surface area contributed by atoms with E-state index >= 15 is 0 Å². The Morgan fingerprint density at radius 3 is 2.75 bits per heavy atom. The van der Waals surface area contributed by atoms with Crippen molar-refractivity contribution >= 4 is 46.0 Å². The molecular weight excluding hydrogens is 394 g/mol. The van der Waals surface area contributed by atoms with Gasteiger partial charge >= 0.3 is 0 Å². The van der Waals surface area contributed by atoms with Gasteiger partial charge in [-0.1, -0.05) is 59.8 Å². The van der Waals surface area contributed by atoms with Gasteiger partial charge in [-0.15, -0.1) is 0 Å². The summed E-state index contributed by atoms with van der Waals surface area (Å²) < 4.78 is 0. The van der Waals surface area contributed by atoms with Gasteiger partial charge in [0.15, 0.2) is 5.17 Å². The average molecular weight is 416 g/mol. The lowest BCUT2D eigenvalue weighted by Gasteiger charge is -2.28. The van der Waals surface area contributed by atoms with Gasteiger partial charge in [-0.2, -0.15) is 0 Å². The summed E-state index contributed by atoms with van der Waals surface area (Å²) in [5, 5.41) is 3.56. The first-order chi connectivity index (χ1) is 13.4. The van der Waals surface area contributed by atoms with Crippen LogP contribution in [0.3, 0.4) is 0 Å². The van der Waals surface area contributed by atoms with Gasteiger partial charge in [-0.25, -0.2) is 4.99 Å². The van der Waals surface area contributed by atoms with E-state index in [0.717, 1.165) is 17.5 Å². The number of amidine groups is 1. The predicted octanol–water partition coefficient (Wildman–Crippen LogP) is 3.96. The van der Waals surface area contributed by atoms with Crippen molar-refractivity contribution in [2.75, 3.05) is 13.6 Å². The normalized spacial score (nSPS) is 18.4. The van der Waals surface area contributed by atoms with Gasteiger partial charge in [0, 0.05) is 25.0 Å². The molecule has 1 fully saturated rings. The molecule has 1 unspecified atom stereocenters. The minimum atomic E-state index is -0.487. The van der Waals surface area contributed by atoms with Gasteiger partial charge in [-0.3, -0.25) is 14.5 Å². The van der Waals surface area contributed by atoms with E-state index in [1.54, 1.807) is 13.1 Å². The van der Waals surface area contributed by atoms with Crippen molar-refractivity contribution in [2.24, 2.45) is 4.99 Å². The molecule has 0 aromatic heterocycles. The summed E-state index contributed by atoms with van der Waals surface area (Å²) in [6, 6.07) is 15.4. The Hall–Kier alpha value is -2.31. The third-order valence-electron chi connectivity index (χ3n) is 4.50. The zero-order chi connectivity index (χ0) is 20.1. The van der Waals surface area contributed by atoms with Crippen molar-refractivity contribution in [3.63, 3.8) is 0 Å². The number of halogens is 1. The molecule has 0 bridgehead atoms. The van der Waals surface area contributed by atoms with Crippen molar-refractivity contribution < 1.29 is 9.59 Å². The van der Waals surface area contributed by atoms with Crippen LogP contribution in [-0.4, -0.2) is 40.7 Å². The second kappa shape index (κ2) is 9.26. The van der Waals surface area contributed by atoms with Crippen LogP contribution in [0.2, 0.25) is 5.02 Å². The molecule has 7 heteroatoms. The predicted molar refractivity (Wildman–Crippen MR) is 115 cm³/mol. The summed E-state index contributed by atoms with van der Waals surface area (Å²) in [5.41, 5.74) is 2.78. The maximum absolute atomic E-state index is 12.6. The van der Waals surface area contributed by atoms with E-state index in [-0.39, 0.29) is 18.2 Å². The molecule has 1 N–H and O–H groups in total. The Bertz CT molecular complexity index is 902. The highest BCUT2D eigenvalue weighted by atomic mass is 35.5. The summed E-state index contributed by atoms with van der Waals surface area (Å²) in [6.07, 6.45) is 0.909. The van der Waals surface area contributed by atoms with Crippen LogP contribution >= 0.6 is 23.4 Å². The van der Waals surface area contributed by atoms with Crippen LogP contribution in [0.15, 0.2) is 53.5 Å². The monoisotopic (exact) mass is 415 g/mol. The molecule has 2 aromatic carbocycles. The van der Waals surface area contributed by atoms with Crippen LogP contribution in [-0.2, 0) is 16.0 Å². The Morgan fingerprint density at radius 1 is 1.29 bits per heavy atom. The van der Waals surface area contributed by atoms with Crippen LogP contribution in [0.25, 0.3) is 0 Å². The number of amides is 2. The zero-order valence-electron chi connectivity index (χ0n) is 15.8. The summed E-state index contributed by atoms with van der Waals surface area (Å²) in [7, 11) is 1.67. The van der Waals surface area contributed by atoms with Crippen molar-refractivity contribution in [2.45, 2.75) is 25.0 Å². The number of carbonyl (C=O) groups excluding carboxylic acids is 2. The second-order valence-corrected chi connectivity index (χ2v) is 8.19. The Labute approximate surface area is 174 Å². The van der Waals surface area contributed by atoms with Gasteiger partial charge in [0.05, 0.1) is 10.9 Å². The SMILES string of the molecule is Cc1ccc(N=C2SC(C(=O)NCCc3ccccc3)CC(=O)N2C)cc1Cl. The molecule has 28 heavy (non-hydrogen) atoms. The summed E-state index contributed by atoms with van der Waals surface area (Å²) >= 11 is 7.47. The molecule has 1 heterocycles. The highest BCUT2D eigenvalue weighted by molar-refractivity contribution is 8.15. The van der Waals surface area contributed by atoms with Gasteiger partial charge in [-0.05, 0) is 36.6 Å². The molecule has 2 amide bonds. The first-order valence-corrected chi connectivity index (χ1v) is 10.3. The first-order valence-electron chi connectivity index (χ1n) is 9.03. The number of carbonyl (C=O) groups is 2. The quantitative estimate of drug-likeness (QED) is 0.804. The molecule has 0 spiro atoms. The standard InChI is InChI=1S/C21H22ClN3O2S/c1-14-8-9-16(12-17(14)22)24-21-25(2)19(26)13-18(28-21)20(27)23-11-10-15-6-4-3-5-7-15/h3-9,12,18H,10-11,13H2,1-2H3,(H,23,27). The Balaban J connectivity index is 1.65. The summed E-state index contributed by atoms with van der Waals surface area (Å²) in [4.78, 5) is 30.9. The molecular formula is C21H22ClN3O2S. The van der Waals surface area contributed by atoms with Crippen molar-refractivity contribution in [3.8, 4) is 0 Å². The maximum Gasteiger partial charge on any atom is 0.234 e. The van der Waals surface area contributed by atoms with Crippen LogP contribution in [0, 0.1) is 6.92 Å². The zero-order valence-corrected chi connectivity index (χ0v) is 17.4. The number of aliphatic imine (C=N–C) groups is 1. The number of nitrogens with zero attached hydrogens (tertiary/aromatic N) is 2. The average Bonchev–Trinajstić information content (AvgIpc) is 2.69. The lowest BCUT2D eigenvalue weighted by molar-refractivity contribution is -0.129. The minimum absolute atomic E-state index is 0.126. The number of benzene rings is 2. The lowest BCUT2D eigenvalue weighted by atomic mass is 10.1. The molecule has 1 aliphatic rings. The fraction of sp³-hybridized carbons (Fsp3) is 0.286. The summed E-state index contributed by atoms with van der Waals surface area (Å²) in [5.74, 6) is -0.268. The second-order valence-electron chi connectivity index (χ2n) is 6.62. The van der Waals surface area contributed by atoms with Gasteiger partial charge in [0.25, 0.3) is 0 Å². The largest absolute Gasteiger partial charge is 0.355 e. The van der Waals surface area contributed by atoms with E-state index in [9.17, 15) is 9.59 Å². The molecule has 1 aliphatic heterocycles. The number of hydrogen-bond donors (Lipinski definition) is 1. The van der Waals surface area contributed by atoms with Crippen LogP contribution in [0.5, 0.6) is 0 Å². The minimum Gasteiger partial charge on any atom is -0.355 e. The van der Waals surface area contributed by atoms with Crippen molar-refractivity contribution in [3.05, 3.63) is 64.7 Å². The van der Waals surface area contributed by atoms with E-state index < -0.39 is 5.25 Å². The third kappa shape index (κ3) is 5.14. The van der Waals surface area contributed by atoms with E-state index in [2.05, 4.69) is 10.3 Å². The van der Waals surface area contributed by atoms with Gasteiger partial charge in [0.2, 0.25) is 11.8 Å². The fourth-order valence-corrected chi connectivity index (χ4v) is 4.01. The van der Waals surface area contributed by atoms with Crippen LogP contribution in [0.1, 0.15) is 17.5 Å². The van der Waals surface area contributed by atoms with Crippen molar-refractivity contribution in [1.82, 2.24) is 10.2 Å². The van der Waals surface area contributed by atoms with Crippen LogP contribution in [0.4, 0.5) is 5.69 Å². The molecule has 0 aliphatic carbocycles. The highest BCUT2D eigenvalue weighted by Crippen LogP contribution is 2.29. The molecule has 3 rings (SSSR count). The summed E-state index contributed by atoms with van der Waals surface area (Å²) in [6.45, 7) is 2.45. The molecule has 2 aromatic rings. The first kappa shape index (κ1) is 20.4. The molecule has 0 saturated carbocycles. The molecule has 1 atom stereocenters. The molecule has 1 saturated heterocycles. The lowest BCUT2D eigenvalue weighted by Crippen LogP contribution is -2.45. The number of aryl methyl sites for hydroxylation is 1. The van der Waals surface area contributed by atoms with E-state index in [1.165, 1.54) is 16.7 Å². The number of thioether (sulfide) groups is 1. The highest BCUT2D eigenvalue weighted by Gasteiger charge is 2.33. The number of nitrogens with one attached hydrogen (secondary N) is 1. The van der Waals surface area contributed by atoms with E-state index in [0.29, 0.717) is 22.4 Å². The molecule has 0 radical (unpaired) electrons. The number of rotatable bonds is 5. The Morgan fingerprint density at radius 2 is 2.04 bits per heavy atom. The van der Waals surface area contributed by atoms with Crippen LogP contribution < -0.4 is 5.32 Å². The van der Waals surface area contributed by atoms with E-state index in [1.807, 2.05) is 49.4 Å². The third-order valence-corrected chi connectivity index (χ3v) is 6.15.